The normalized spacial score (nSPS) is 16.4. The zero-order valence-corrected chi connectivity index (χ0v) is 15.6. The highest BCUT2D eigenvalue weighted by atomic mass is 16.6. The molecule has 1 aliphatic heterocycles. The first-order valence-corrected chi connectivity index (χ1v) is 9.02. The SMILES string of the molecule is C/C(=N/NC(=O)c1cccc([N+](=O)[O-])c1)[C@H](c1ccccc1)N1CCOCC1. The lowest BCUT2D eigenvalue weighted by Crippen LogP contribution is -2.42. The van der Waals surface area contributed by atoms with E-state index in [1.54, 1.807) is 0 Å². The Morgan fingerprint density at radius 3 is 2.57 bits per heavy atom. The number of nitrogens with zero attached hydrogens (tertiary/aromatic N) is 3. The van der Waals surface area contributed by atoms with E-state index in [9.17, 15) is 14.9 Å². The molecule has 1 amide bonds. The first kappa shape index (κ1) is 19.7. The van der Waals surface area contributed by atoms with Gasteiger partial charge < -0.3 is 4.74 Å². The molecule has 1 saturated heterocycles. The maximum Gasteiger partial charge on any atom is 0.271 e. The van der Waals surface area contributed by atoms with Gasteiger partial charge in [-0.25, -0.2) is 5.43 Å². The molecule has 0 aliphatic carbocycles. The van der Waals surface area contributed by atoms with Crippen LogP contribution in [-0.4, -0.2) is 47.7 Å². The van der Waals surface area contributed by atoms with Gasteiger partial charge in [-0.3, -0.25) is 19.8 Å². The maximum atomic E-state index is 12.4. The molecule has 146 valence electrons. The van der Waals surface area contributed by atoms with Gasteiger partial charge in [0.2, 0.25) is 0 Å². The summed E-state index contributed by atoms with van der Waals surface area (Å²) in [5, 5.41) is 15.2. The molecule has 28 heavy (non-hydrogen) atoms. The third-order valence-electron chi connectivity index (χ3n) is 4.57. The number of hydrogen-bond donors (Lipinski definition) is 1. The van der Waals surface area contributed by atoms with E-state index in [0.29, 0.717) is 13.2 Å². The van der Waals surface area contributed by atoms with Crippen LogP contribution in [0.25, 0.3) is 0 Å². The number of nitro groups is 1. The van der Waals surface area contributed by atoms with Crippen molar-refractivity contribution in [3.05, 3.63) is 75.8 Å². The van der Waals surface area contributed by atoms with E-state index in [4.69, 9.17) is 4.74 Å². The third kappa shape index (κ3) is 4.79. The van der Waals surface area contributed by atoms with Gasteiger partial charge in [-0.05, 0) is 18.6 Å². The Kier molecular flexibility index (Phi) is 6.46. The number of benzene rings is 2. The van der Waals surface area contributed by atoms with Crippen LogP contribution in [-0.2, 0) is 4.74 Å². The molecule has 1 N–H and O–H groups in total. The highest BCUT2D eigenvalue weighted by Gasteiger charge is 2.25. The van der Waals surface area contributed by atoms with Crippen LogP contribution in [0.1, 0.15) is 28.9 Å². The minimum absolute atomic E-state index is 0.0875. The van der Waals surface area contributed by atoms with E-state index in [1.165, 1.54) is 24.3 Å². The fraction of sp³-hybridized carbons (Fsp3) is 0.300. The van der Waals surface area contributed by atoms with Crippen molar-refractivity contribution < 1.29 is 14.5 Å². The fourth-order valence-electron chi connectivity index (χ4n) is 3.21. The van der Waals surface area contributed by atoms with Gasteiger partial charge in [0, 0.05) is 30.8 Å². The molecule has 0 saturated carbocycles. The largest absolute Gasteiger partial charge is 0.379 e. The molecule has 0 unspecified atom stereocenters. The maximum absolute atomic E-state index is 12.4. The zero-order chi connectivity index (χ0) is 19.9. The number of carbonyl (C=O) groups is 1. The van der Waals surface area contributed by atoms with Crippen molar-refractivity contribution in [3.63, 3.8) is 0 Å². The number of morpholine rings is 1. The average Bonchev–Trinajstić information content (AvgIpc) is 2.74. The minimum Gasteiger partial charge on any atom is -0.379 e. The van der Waals surface area contributed by atoms with Crippen LogP contribution in [0.3, 0.4) is 0 Å². The lowest BCUT2D eigenvalue weighted by atomic mass is 10.0. The Morgan fingerprint density at radius 1 is 1.18 bits per heavy atom. The van der Waals surface area contributed by atoms with Gasteiger partial charge in [-0.15, -0.1) is 0 Å². The van der Waals surface area contributed by atoms with Crippen molar-refractivity contribution in [1.29, 1.82) is 0 Å². The van der Waals surface area contributed by atoms with Gasteiger partial charge in [0.05, 0.1) is 29.9 Å². The van der Waals surface area contributed by atoms with Crippen molar-refractivity contribution >= 4 is 17.3 Å². The second-order valence-electron chi connectivity index (χ2n) is 6.46. The van der Waals surface area contributed by atoms with Gasteiger partial charge >= 0.3 is 0 Å². The Morgan fingerprint density at radius 2 is 1.89 bits per heavy atom. The van der Waals surface area contributed by atoms with E-state index in [-0.39, 0.29) is 17.3 Å². The van der Waals surface area contributed by atoms with Crippen LogP contribution in [0.5, 0.6) is 0 Å². The molecule has 2 aromatic rings. The molecule has 1 fully saturated rings. The smallest absolute Gasteiger partial charge is 0.271 e. The first-order chi connectivity index (χ1) is 13.6. The van der Waals surface area contributed by atoms with Gasteiger partial charge in [0.25, 0.3) is 11.6 Å². The van der Waals surface area contributed by atoms with Gasteiger partial charge in [0.1, 0.15) is 0 Å². The monoisotopic (exact) mass is 382 g/mol. The minimum atomic E-state index is -0.533. The number of carbonyl (C=O) groups excluding carboxylic acids is 1. The summed E-state index contributed by atoms with van der Waals surface area (Å²) in [6.07, 6.45) is 0. The molecule has 3 rings (SSSR count). The average molecular weight is 382 g/mol. The highest BCUT2D eigenvalue weighted by Crippen LogP contribution is 2.23. The second-order valence-corrected chi connectivity index (χ2v) is 6.46. The van der Waals surface area contributed by atoms with Gasteiger partial charge in [0.15, 0.2) is 0 Å². The van der Waals surface area contributed by atoms with E-state index in [1.807, 2.05) is 37.3 Å². The third-order valence-corrected chi connectivity index (χ3v) is 4.57. The molecule has 1 heterocycles. The Labute approximate surface area is 163 Å². The summed E-state index contributed by atoms with van der Waals surface area (Å²) in [5.74, 6) is -0.489. The number of nitrogens with one attached hydrogen (secondary N) is 1. The van der Waals surface area contributed by atoms with E-state index >= 15 is 0 Å². The molecule has 1 atom stereocenters. The quantitative estimate of drug-likeness (QED) is 0.471. The van der Waals surface area contributed by atoms with E-state index < -0.39 is 10.8 Å². The second kappa shape index (κ2) is 9.20. The zero-order valence-electron chi connectivity index (χ0n) is 15.6. The van der Waals surface area contributed by atoms with Crippen molar-refractivity contribution in [2.45, 2.75) is 13.0 Å². The topological polar surface area (TPSA) is 97.1 Å². The molecule has 2 aromatic carbocycles. The standard InChI is InChI=1S/C20H22N4O4/c1-15(21-22-20(25)17-8-5-9-18(14-17)24(26)27)19(16-6-3-2-4-7-16)23-10-12-28-13-11-23/h2-9,14,19H,10-13H2,1H3,(H,22,25)/b21-15-/t19-/m1/s1. The number of non-ortho nitro benzene ring substituents is 1. The number of amides is 1. The van der Waals surface area contributed by atoms with E-state index in [0.717, 1.165) is 24.4 Å². The van der Waals surface area contributed by atoms with Crippen molar-refractivity contribution in [2.24, 2.45) is 5.10 Å². The molecule has 1 aliphatic rings. The molecule has 8 heteroatoms. The predicted molar refractivity (Wildman–Crippen MR) is 105 cm³/mol. The molecular formula is C20H22N4O4. The van der Waals surface area contributed by atoms with Crippen LogP contribution in [0, 0.1) is 10.1 Å². The summed E-state index contributed by atoms with van der Waals surface area (Å²) in [6.45, 7) is 4.70. The Bertz CT molecular complexity index is 864. The Balaban J connectivity index is 1.79. The molecular weight excluding hydrogens is 360 g/mol. The van der Waals surface area contributed by atoms with Crippen LogP contribution >= 0.6 is 0 Å². The van der Waals surface area contributed by atoms with Crippen LogP contribution in [0.2, 0.25) is 0 Å². The van der Waals surface area contributed by atoms with Crippen molar-refractivity contribution in [1.82, 2.24) is 10.3 Å². The number of ether oxygens (including phenoxy) is 1. The summed E-state index contributed by atoms with van der Waals surface area (Å²) < 4.78 is 5.45. The van der Waals surface area contributed by atoms with Crippen molar-refractivity contribution in [3.8, 4) is 0 Å². The summed E-state index contributed by atoms with van der Waals surface area (Å²) in [5.41, 5.74) is 4.38. The van der Waals surface area contributed by atoms with Crippen LogP contribution in [0.4, 0.5) is 5.69 Å². The predicted octanol–water partition coefficient (Wildman–Crippen LogP) is 2.77. The molecule has 0 bridgehead atoms. The van der Waals surface area contributed by atoms with E-state index in [2.05, 4.69) is 15.4 Å². The molecule has 8 nitrogen and oxygen atoms in total. The summed E-state index contributed by atoms with van der Waals surface area (Å²) in [6, 6.07) is 15.4. The number of hydrogen-bond acceptors (Lipinski definition) is 6. The number of rotatable bonds is 6. The van der Waals surface area contributed by atoms with Crippen LogP contribution < -0.4 is 5.43 Å². The highest BCUT2D eigenvalue weighted by molar-refractivity contribution is 5.96. The first-order valence-electron chi connectivity index (χ1n) is 9.02. The van der Waals surface area contributed by atoms with Gasteiger partial charge in [-0.2, -0.15) is 5.10 Å². The number of nitro benzene ring substituents is 1. The molecule has 0 radical (unpaired) electrons. The molecule has 0 aromatic heterocycles. The van der Waals surface area contributed by atoms with Crippen molar-refractivity contribution in [2.75, 3.05) is 26.3 Å². The van der Waals surface area contributed by atoms with Gasteiger partial charge in [-0.1, -0.05) is 36.4 Å². The summed E-state index contributed by atoms with van der Waals surface area (Å²) in [4.78, 5) is 25.0. The lowest BCUT2D eigenvalue weighted by Gasteiger charge is -2.34. The summed E-state index contributed by atoms with van der Waals surface area (Å²) >= 11 is 0. The Hall–Kier alpha value is -3.10. The lowest BCUT2D eigenvalue weighted by molar-refractivity contribution is -0.384. The summed E-state index contributed by atoms with van der Waals surface area (Å²) in [7, 11) is 0. The number of hydrazone groups is 1. The fourth-order valence-corrected chi connectivity index (χ4v) is 3.21. The van der Waals surface area contributed by atoms with Crippen LogP contribution in [0.15, 0.2) is 59.7 Å². The molecule has 0 spiro atoms.